The van der Waals surface area contributed by atoms with Crippen molar-refractivity contribution in [1.82, 2.24) is 9.80 Å². The molecule has 1 aliphatic rings. The third-order valence-corrected chi connectivity index (χ3v) is 4.21. The lowest BCUT2D eigenvalue weighted by Gasteiger charge is -2.44. The molecule has 2 rings (SSSR count). The molecule has 0 bridgehead atoms. The zero-order valence-corrected chi connectivity index (χ0v) is 13.0. The molecular weight excluding hydrogens is 270 g/mol. The van der Waals surface area contributed by atoms with Gasteiger partial charge in [0, 0.05) is 32.2 Å². The van der Waals surface area contributed by atoms with Gasteiger partial charge in [-0.05, 0) is 19.4 Å². The third-order valence-electron chi connectivity index (χ3n) is 3.98. The average Bonchev–Trinajstić information content (AvgIpc) is 2.40. The predicted octanol–water partition coefficient (Wildman–Crippen LogP) is 1.37. The van der Waals surface area contributed by atoms with Crippen LogP contribution in [0.5, 0.6) is 0 Å². The summed E-state index contributed by atoms with van der Waals surface area (Å²) < 4.78 is 0. The van der Waals surface area contributed by atoms with Crippen LogP contribution in [-0.4, -0.2) is 46.4 Å². The molecule has 108 valence electrons. The normalized spacial score (nSPS) is 19.1. The fourth-order valence-corrected chi connectivity index (χ4v) is 2.66. The van der Waals surface area contributed by atoms with Gasteiger partial charge in [-0.3, -0.25) is 9.69 Å². The Kier molecular flexibility index (Phi) is 4.11. The number of hydrogen-bond acceptors (Lipinski definition) is 3. The molecular formula is C15H21N3OS. The number of carbonyl (C=O) groups excluding carboxylic acids is 1. The van der Waals surface area contributed by atoms with Crippen LogP contribution in [0.3, 0.4) is 0 Å². The van der Waals surface area contributed by atoms with Gasteiger partial charge in [0.2, 0.25) is 5.91 Å². The van der Waals surface area contributed by atoms with Gasteiger partial charge in [-0.1, -0.05) is 36.5 Å². The van der Waals surface area contributed by atoms with E-state index in [1.54, 1.807) is 4.90 Å². The second-order valence-corrected chi connectivity index (χ2v) is 6.21. The summed E-state index contributed by atoms with van der Waals surface area (Å²) >= 11 is 4.95. The summed E-state index contributed by atoms with van der Waals surface area (Å²) in [5.41, 5.74) is 7.17. The molecule has 0 aliphatic carbocycles. The van der Waals surface area contributed by atoms with Crippen LogP contribution in [0.4, 0.5) is 0 Å². The highest BCUT2D eigenvalue weighted by Crippen LogP contribution is 2.23. The lowest BCUT2D eigenvalue weighted by atomic mass is 9.96. The summed E-state index contributed by atoms with van der Waals surface area (Å²) in [5.74, 6) is 0.170. The first-order valence-electron chi connectivity index (χ1n) is 6.71. The number of amides is 1. The quantitative estimate of drug-likeness (QED) is 0.855. The molecule has 5 heteroatoms. The monoisotopic (exact) mass is 291 g/mol. The van der Waals surface area contributed by atoms with Crippen molar-refractivity contribution in [3.63, 3.8) is 0 Å². The first kappa shape index (κ1) is 14.9. The van der Waals surface area contributed by atoms with E-state index in [1.165, 1.54) is 0 Å². The standard InChI is InChI=1S/C15H21N3OS/c1-15(2)14(19)17(3)8-9-18(15)10-11-4-6-12(7-5-11)13(16)20/h4-7H,8-10H2,1-3H3,(H2,16,20). The molecule has 1 heterocycles. The minimum absolute atomic E-state index is 0.170. The summed E-state index contributed by atoms with van der Waals surface area (Å²) in [6.07, 6.45) is 0. The topological polar surface area (TPSA) is 49.6 Å². The van der Waals surface area contributed by atoms with Crippen LogP contribution in [0.1, 0.15) is 25.0 Å². The molecule has 0 unspecified atom stereocenters. The molecule has 0 radical (unpaired) electrons. The molecule has 2 N–H and O–H groups in total. The summed E-state index contributed by atoms with van der Waals surface area (Å²) in [6.45, 7) is 6.37. The maximum absolute atomic E-state index is 12.2. The molecule has 1 saturated heterocycles. The van der Waals surface area contributed by atoms with Crippen LogP contribution in [-0.2, 0) is 11.3 Å². The Morgan fingerprint density at radius 3 is 2.45 bits per heavy atom. The minimum Gasteiger partial charge on any atom is -0.389 e. The van der Waals surface area contributed by atoms with E-state index in [0.29, 0.717) is 4.99 Å². The molecule has 1 aliphatic heterocycles. The van der Waals surface area contributed by atoms with Crippen LogP contribution in [0, 0.1) is 0 Å². The van der Waals surface area contributed by atoms with Gasteiger partial charge >= 0.3 is 0 Å². The van der Waals surface area contributed by atoms with Crippen molar-refractivity contribution in [3.05, 3.63) is 35.4 Å². The van der Waals surface area contributed by atoms with E-state index in [-0.39, 0.29) is 5.91 Å². The van der Waals surface area contributed by atoms with Gasteiger partial charge in [0.15, 0.2) is 0 Å². The van der Waals surface area contributed by atoms with E-state index in [4.69, 9.17) is 18.0 Å². The van der Waals surface area contributed by atoms with Crippen molar-refractivity contribution >= 4 is 23.1 Å². The fraction of sp³-hybridized carbons (Fsp3) is 0.467. The van der Waals surface area contributed by atoms with E-state index in [9.17, 15) is 4.79 Å². The first-order chi connectivity index (χ1) is 9.32. The second-order valence-electron chi connectivity index (χ2n) is 5.77. The van der Waals surface area contributed by atoms with Crippen molar-refractivity contribution in [3.8, 4) is 0 Å². The molecule has 0 saturated carbocycles. The molecule has 1 aromatic carbocycles. The lowest BCUT2D eigenvalue weighted by Crippen LogP contribution is -2.61. The Morgan fingerprint density at radius 2 is 1.90 bits per heavy atom. The first-order valence-corrected chi connectivity index (χ1v) is 7.12. The highest BCUT2D eigenvalue weighted by atomic mass is 32.1. The highest BCUT2D eigenvalue weighted by Gasteiger charge is 2.40. The van der Waals surface area contributed by atoms with Crippen LogP contribution in [0.15, 0.2) is 24.3 Å². The van der Waals surface area contributed by atoms with Crippen LogP contribution >= 0.6 is 12.2 Å². The second kappa shape index (κ2) is 5.50. The van der Waals surface area contributed by atoms with Gasteiger partial charge in [0.25, 0.3) is 0 Å². The molecule has 1 amide bonds. The number of piperazine rings is 1. The zero-order valence-electron chi connectivity index (χ0n) is 12.2. The molecule has 0 spiro atoms. The third kappa shape index (κ3) is 2.83. The number of thiocarbonyl (C=S) groups is 1. The van der Waals surface area contributed by atoms with E-state index < -0.39 is 5.54 Å². The smallest absolute Gasteiger partial charge is 0.242 e. The van der Waals surface area contributed by atoms with Gasteiger partial charge in [0.1, 0.15) is 4.99 Å². The number of likely N-dealkylation sites (N-methyl/N-ethyl adjacent to an activating group) is 1. The summed E-state index contributed by atoms with van der Waals surface area (Å²) in [7, 11) is 1.86. The summed E-state index contributed by atoms with van der Waals surface area (Å²) in [6, 6.07) is 7.91. The SMILES string of the molecule is CN1CCN(Cc2ccc(C(N)=S)cc2)C(C)(C)C1=O. The van der Waals surface area contributed by atoms with Crippen molar-refractivity contribution in [2.75, 3.05) is 20.1 Å². The van der Waals surface area contributed by atoms with E-state index in [2.05, 4.69) is 4.90 Å². The Balaban J connectivity index is 2.13. The van der Waals surface area contributed by atoms with E-state index in [1.807, 2.05) is 45.2 Å². The Morgan fingerprint density at radius 1 is 1.30 bits per heavy atom. The highest BCUT2D eigenvalue weighted by molar-refractivity contribution is 7.80. The number of hydrogen-bond donors (Lipinski definition) is 1. The van der Waals surface area contributed by atoms with Crippen molar-refractivity contribution < 1.29 is 4.79 Å². The molecule has 0 aromatic heterocycles. The Hall–Kier alpha value is -1.46. The summed E-state index contributed by atoms with van der Waals surface area (Å²) in [4.78, 5) is 16.7. The van der Waals surface area contributed by atoms with Crippen LogP contribution in [0.25, 0.3) is 0 Å². The number of nitrogens with two attached hydrogens (primary N) is 1. The molecule has 4 nitrogen and oxygen atoms in total. The number of benzene rings is 1. The largest absolute Gasteiger partial charge is 0.389 e. The van der Waals surface area contributed by atoms with Gasteiger partial charge in [-0.15, -0.1) is 0 Å². The van der Waals surface area contributed by atoms with Crippen molar-refractivity contribution in [2.45, 2.75) is 25.9 Å². The van der Waals surface area contributed by atoms with E-state index in [0.717, 1.165) is 30.8 Å². The minimum atomic E-state index is -0.463. The number of nitrogens with zero attached hydrogens (tertiary/aromatic N) is 2. The van der Waals surface area contributed by atoms with Gasteiger partial charge in [0.05, 0.1) is 5.54 Å². The zero-order chi connectivity index (χ0) is 14.9. The maximum Gasteiger partial charge on any atom is 0.242 e. The van der Waals surface area contributed by atoms with Gasteiger partial charge in [-0.25, -0.2) is 0 Å². The van der Waals surface area contributed by atoms with Gasteiger partial charge in [-0.2, -0.15) is 0 Å². The molecule has 20 heavy (non-hydrogen) atoms. The van der Waals surface area contributed by atoms with Crippen LogP contribution < -0.4 is 5.73 Å². The van der Waals surface area contributed by atoms with Crippen molar-refractivity contribution in [2.24, 2.45) is 5.73 Å². The lowest BCUT2D eigenvalue weighted by molar-refractivity contribution is -0.147. The number of carbonyl (C=O) groups is 1. The van der Waals surface area contributed by atoms with Crippen LogP contribution in [0.2, 0.25) is 0 Å². The average molecular weight is 291 g/mol. The molecule has 0 atom stereocenters. The Bertz CT molecular complexity index is 524. The maximum atomic E-state index is 12.2. The molecule has 1 aromatic rings. The fourth-order valence-electron chi connectivity index (χ4n) is 2.53. The summed E-state index contributed by atoms with van der Waals surface area (Å²) in [5, 5.41) is 0. The molecule has 1 fully saturated rings. The van der Waals surface area contributed by atoms with E-state index >= 15 is 0 Å². The van der Waals surface area contributed by atoms with Crippen molar-refractivity contribution in [1.29, 1.82) is 0 Å². The number of rotatable bonds is 3. The van der Waals surface area contributed by atoms with Gasteiger partial charge < -0.3 is 10.6 Å². The Labute approximate surface area is 125 Å². The predicted molar refractivity (Wildman–Crippen MR) is 84.5 cm³/mol.